The quantitative estimate of drug-likeness (QED) is 0.317. The lowest BCUT2D eigenvalue weighted by atomic mass is 10.2. The lowest BCUT2D eigenvalue weighted by Crippen LogP contribution is -2.19. The number of ether oxygens (including phenoxy) is 3. The SMILES string of the molecule is COC(=O)/C=C1/S/C(=N\N=Cc2cccc(OCc3cccc(OC)c3)c2)NC1=O. The van der Waals surface area contributed by atoms with Gasteiger partial charge in [0.25, 0.3) is 5.91 Å². The van der Waals surface area contributed by atoms with Crippen molar-refractivity contribution in [2.45, 2.75) is 6.61 Å². The van der Waals surface area contributed by atoms with Gasteiger partial charge in [0.15, 0.2) is 5.17 Å². The van der Waals surface area contributed by atoms with Gasteiger partial charge in [-0.3, -0.25) is 10.1 Å². The van der Waals surface area contributed by atoms with Crippen molar-refractivity contribution in [1.82, 2.24) is 5.32 Å². The lowest BCUT2D eigenvalue weighted by Gasteiger charge is -2.08. The van der Waals surface area contributed by atoms with E-state index >= 15 is 0 Å². The van der Waals surface area contributed by atoms with Crippen LogP contribution >= 0.6 is 11.8 Å². The summed E-state index contributed by atoms with van der Waals surface area (Å²) in [5.41, 5.74) is 1.77. The monoisotopic (exact) mass is 425 g/mol. The number of thioether (sulfide) groups is 1. The van der Waals surface area contributed by atoms with Gasteiger partial charge in [-0.15, -0.1) is 5.10 Å². The highest BCUT2D eigenvalue weighted by atomic mass is 32.2. The molecule has 0 aromatic heterocycles. The summed E-state index contributed by atoms with van der Waals surface area (Å²) in [6, 6.07) is 15.0. The molecule has 1 N–H and O–H groups in total. The largest absolute Gasteiger partial charge is 0.497 e. The van der Waals surface area contributed by atoms with E-state index in [0.29, 0.717) is 12.4 Å². The topological polar surface area (TPSA) is 98.6 Å². The van der Waals surface area contributed by atoms with E-state index in [1.165, 1.54) is 7.11 Å². The average molecular weight is 425 g/mol. The number of hydrogen-bond donors (Lipinski definition) is 1. The Morgan fingerprint density at radius 1 is 1.13 bits per heavy atom. The average Bonchev–Trinajstić information content (AvgIpc) is 3.11. The van der Waals surface area contributed by atoms with Gasteiger partial charge in [0, 0.05) is 6.08 Å². The Morgan fingerprint density at radius 3 is 2.73 bits per heavy atom. The van der Waals surface area contributed by atoms with E-state index in [9.17, 15) is 9.59 Å². The molecule has 0 spiro atoms. The van der Waals surface area contributed by atoms with Crippen molar-refractivity contribution in [1.29, 1.82) is 0 Å². The first-order chi connectivity index (χ1) is 14.6. The number of methoxy groups -OCH3 is 2. The molecule has 0 bridgehead atoms. The molecule has 1 amide bonds. The van der Waals surface area contributed by atoms with E-state index in [4.69, 9.17) is 9.47 Å². The van der Waals surface area contributed by atoms with Crippen LogP contribution < -0.4 is 14.8 Å². The number of hydrogen-bond acceptors (Lipinski definition) is 8. The zero-order chi connectivity index (χ0) is 21.3. The summed E-state index contributed by atoms with van der Waals surface area (Å²) < 4.78 is 15.5. The molecule has 2 aromatic rings. The number of nitrogens with zero attached hydrogens (tertiary/aromatic N) is 2. The van der Waals surface area contributed by atoms with Crippen molar-refractivity contribution < 1.29 is 23.8 Å². The van der Waals surface area contributed by atoms with Crippen LogP contribution in [-0.2, 0) is 20.9 Å². The number of amides is 1. The number of carbonyl (C=O) groups excluding carboxylic acids is 2. The molecule has 30 heavy (non-hydrogen) atoms. The molecule has 8 nitrogen and oxygen atoms in total. The number of carbonyl (C=O) groups is 2. The minimum absolute atomic E-state index is 0.198. The molecule has 154 valence electrons. The Labute approximate surface area is 177 Å². The summed E-state index contributed by atoms with van der Waals surface area (Å²) in [4.78, 5) is 23.2. The van der Waals surface area contributed by atoms with Gasteiger partial charge >= 0.3 is 5.97 Å². The summed E-state index contributed by atoms with van der Waals surface area (Å²) in [5, 5.41) is 10.8. The van der Waals surface area contributed by atoms with Gasteiger partial charge in [-0.05, 0) is 47.2 Å². The maximum absolute atomic E-state index is 11.8. The second kappa shape index (κ2) is 10.3. The van der Waals surface area contributed by atoms with Crippen LogP contribution in [0.3, 0.4) is 0 Å². The van der Waals surface area contributed by atoms with Crippen molar-refractivity contribution in [3.05, 3.63) is 70.6 Å². The fourth-order valence-corrected chi connectivity index (χ4v) is 3.14. The smallest absolute Gasteiger partial charge is 0.331 e. The molecule has 9 heteroatoms. The van der Waals surface area contributed by atoms with Gasteiger partial charge < -0.3 is 14.2 Å². The summed E-state index contributed by atoms with van der Waals surface area (Å²) in [6.07, 6.45) is 2.65. The Morgan fingerprint density at radius 2 is 1.93 bits per heavy atom. The normalized spacial score (nSPS) is 16.1. The number of amidine groups is 1. The first-order valence-electron chi connectivity index (χ1n) is 8.83. The molecule has 0 unspecified atom stereocenters. The van der Waals surface area contributed by atoms with Crippen molar-refractivity contribution in [2.24, 2.45) is 10.2 Å². The lowest BCUT2D eigenvalue weighted by molar-refractivity contribution is -0.135. The third-order valence-corrected chi connectivity index (χ3v) is 4.75. The first-order valence-corrected chi connectivity index (χ1v) is 9.64. The van der Waals surface area contributed by atoms with Gasteiger partial charge in [-0.1, -0.05) is 24.3 Å². The second-order valence-corrected chi connectivity index (χ2v) is 6.98. The highest BCUT2D eigenvalue weighted by molar-refractivity contribution is 8.18. The summed E-state index contributed by atoms with van der Waals surface area (Å²) in [5.74, 6) is 0.425. The second-order valence-electron chi connectivity index (χ2n) is 5.95. The maximum Gasteiger partial charge on any atom is 0.331 e. The third-order valence-electron chi connectivity index (χ3n) is 3.85. The van der Waals surface area contributed by atoms with Crippen molar-refractivity contribution >= 4 is 35.0 Å². The van der Waals surface area contributed by atoms with E-state index in [0.717, 1.165) is 34.7 Å². The summed E-state index contributed by atoms with van der Waals surface area (Å²) >= 11 is 1.01. The van der Waals surface area contributed by atoms with Crippen LogP contribution in [0.2, 0.25) is 0 Å². The van der Waals surface area contributed by atoms with Gasteiger partial charge in [0.2, 0.25) is 0 Å². The molecule has 0 aliphatic carbocycles. The van der Waals surface area contributed by atoms with E-state index < -0.39 is 11.9 Å². The molecule has 1 aliphatic heterocycles. The van der Waals surface area contributed by atoms with E-state index in [2.05, 4.69) is 20.3 Å². The predicted octanol–water partition coefficient (Wildman–Crippen LogP) is 2.88. The van der Waals surface area contributed by atoms with Crippen LogP contribution in [0.25, 0.3) is 0 Å². The third kappa shape index (κ3) is 5.95. The molecule has 3 rings (SSSR count). The first kappa shape index (κ1) is 21.1. The number of rotatable bonds is 7. The van der Waals surface area contributed by atoms with Gasteiger partial charge in [-0.2, -0.15) is 5.10 Å². The molecule has 0 saturated carbocycles. The van der Waals surface area contributed by atoms with E-state index in [1.54, 1.807) is 13.3 Å². The van der Waals surface area contributed by atoms with Crippen LogP contribution in [0.1, 0.15) is 11.1 Å². The Hall–Kier alpha value is -3.59. The summed E-state index contributed by atoms with van der Waals surface area (Å²) in [7, 11) is 2.86. The van der Waals surface area contributed by atoms with Gasteiger partial charge in [-0.25, -0.2) is 4.79 Å². The van der Waals surface area contributed by atoms with Gasteiger partial charge in [0.05, 0.1) is 25.3 Å². The minimum atomic E-state index is -0.608. The predicted molar refractivity (Wildman–Crippen MR) is 115 cm³/mol. The molecular weight excluding hydrogens is 406 g/mol. The fraction of sp³-hybridized carbons (Fsp3) is 0.143. The molecule has 2 aromatic carbocycles. The zero-order valence-electron chi connectivity index (χ0n) is 16.3. The Kier molecular flexibility index (Phi) is 7.23. The van der Waals surface area contributed by atoms with E-state index in [-0.39, 0.29) is 10.1 Å². The Balaban J connectivity index is 1.60. The van der Waals surface area contributed by atoms with Crippen molar-refractivity contribution in [3.8, 4) is 11.5 Å². The number of esters is 1. The molecule has 0 atom stereocenters. The zero-order valence-corrected chi connectivity index (χ0v) is 17.1. The molecule has 1 saturated heterocycles. The van der Waals surface area contributed by atoms with Crippen LogP contribution in [0.4, 0.5) is 0 Å². The van der Waals surface area contributed by atoms with Crippen LogP contribution in [0.5, 0.6) is 11.5 Å². The maximum atomic E-state index is 11.8. The van der Waals surface area contributed by atoms with Crippen LogP contribution in [0, 0.1) is 0 Å². The van der Waals surface area contributed by atoms with Crippen molar-refractivity contribution in [3.63, 3.8) is 0 Å². The standard InChI is InChI=1S/C21H19N3O5S/c1-27-16-7-4-6-15(10-16)13-29-17-8-3-5-14(9-17)12-22-24-21-23-20(26)18(30-21)11-19(25)28-2/h3-12H,13H2,1-2H3,(H,23,24,26)/b18-11+,22-12?. The number of benzene rings is 2. The van der Waals surface area contributed by atoms with Crippen LogP contribution in [0.15, 0.2) is 69.7 Å². The minimum Gasteiger partial charge on any atom is -0.497 e. The highest BCUT2D eigenvalue weighted by Gasteiger charge is 2.24. The highest BCUT2D eigenvalue weighted by Crippen LogP contribution is 2.23. The molecule has 0 radical (unpaired) electrons. The Bertz CT molecular complexity index is 1030. The van der Waals surface area contributed by atoms with Crippen molar-refractivity contribution in [2.75, 3.05) is 14.2 Å². The molecule has 1 aliphatic rings. The number of nitrogens with one attached hydrogen (secondary N) is 1. The van der Waals surface area contributed by atoms with E-state index in [1.807, 2.05) is 48.5 Å². The fourth-order valence-electron chi connectivity index (χ4n) is 2.40. The molecular formula is C21H19N3O5S. The molecule has 1 heterocycles. The van der Waals surface area contributed by atoms with Crippen LogP contribution in [-0.4, -0.2) is 37.5 Å². The summed E-state index contributed by atoms with van der Waals surface area (Å²) in [6.45, 7) is 0.401. The van der Waals surface area contributed by atoms with Gasteiger partial charge in [0.1, 0.15) is 18.1 Å². The molecule has 1 fully saturated rings.